The molecule has 0 amide bonds. The van der Waals surface area contributed by atoms with Crippen molar-refractivity contribution in [1.82, 2.24) is 9.62 Å². The largest absolute Gasteiger partial charge is 0.314 e. The molecule has 0 saturated carbocycles. The molecule has 2 heterocycles. The zero-order valence-electron chi connectivity index (χ0n) is 12.4. The van der Waals surface area contributed by atoms with Crippen molar-refractivity contribution in [3.63, 3.8) is 0 Å². The average Bonchev–Trinajstić information content (AvgIpc) is 3.02. The van der Waals surface area contributed by atoms with Gasteiger partial charge in [-0.2, -0.15) is 4.31 Å². The number of nitrogens with zero attached hydrogens (tertiary/aromatic N) is 1. The van der Waals surface area contributed by atoms with Crippen LogP contribution < -0.4 is 5.32 Å². The molecular weight excluding hydrogens is 343 g/mol. The molecule has 0 radical (unpaired) electrons. The maximum atomic E-state index is 12.7. The van der Waals surface area contributed by atoms with Crippen LogP contribution in [0, 0.1) is 5.92 Å². The summed E-state index contributed by atoms with van der Waals surface area (Å²) in [5, 5.41) is 3.83. The fourth-order valence-electron chi connectivity index (χ4n) is 3.43. The van der Waals surface area contributed by atoms with Crippen molar-refractivity contribution in [2.24, 2.45) is 5.92 Å². The Bertz CT molecular complexity index is 595. The molecular formula is C15H22Cl2N2O2S. The summed E-state index contributed by atoms with van der Waals surface area (Å²) in [6.45, 7) is 2.29. The summed E-state index contributed by atoms with van der Waals surface area (Å²) in [4.78, 5) is 0.226. The Morgan fingerprint density at radius 1 is 1.14 bits per heavy atom. The molecule has 2 fully saturated rings. The molecule has 0 spiro atoms. The zero-order valence-corrected chi connectivity index (χ0v) is 14.8. The second-order valence-electron chi connectivity index (χ2n) is 5.87. The zero-order chi connectivity index (χ0) is 14.9. The van der Waals surface area contributed by atoms with Gasteiger partial charge >= 0.3 is 0 Å². The number of sulfonamides is 1. The predicted molar refractivity (Wildman–Crippen MR) is 91.2 cm³/mol. The van der Waals surface area contributed by atoms with Crippen molar-refractivity contribution in [3.8, 4) is 0 Å². The van der Waals surface area contributed by atoms with E-state index < -0.39 is 10.0 Å². The van der Waals surface area contributed by atoms with Crippen molar-refractivity contribution in [1.29, 1.82) is 0 Å². The van der Waals surface area contributed by atoms with Crippen molar-refractivity contribution in [2.75, 3.05) is 19.6 Å². The van der Waals surface area contributed by atoms with Crippen molar-refractivity contribution in [3.05, 3.63) is 29.3 Å². The Balaban J connectivity index is 0.00000176. The number of halogens is 2. The minimum absolute atomic E-state index is 0. The van der Waals surface area contributed by atoms with Gasteiger partial charge in [0.25, 0.3) is 0 Å². The Morgan fingerprint density at radius 2 is 1.82 bits per heavy atom. The molecule has 4 nitrogen and oxygen atoms in total. The van der Waals surface area contributed by atoms with Crippen LogP contribution in [0.3, 0.4) is 0 Å². The fraction of sp³-hybridized carbons (Fsp3) is 0.600. The minimum Gasteiger partial charge on any atom is -0.314 e. The summed E-state index contributed by atoms with van der Waals surface area (Å²) in [5.74, 6) is 0.602. The second kappa shape index (κ2) is 7.49. The molecule has 2 saturated heterocycles. The lowest BCUT2D eigenvalue weighted by atomic mass is 9.89. The summed E-state index contributed by atoms with van der Waals surface area (Å²) in [6.07, 6.45) is 4.33. The van der Waals surface area contributed by atoms with E-state index in [-0.39, 0.29) is 17.3 Å². The van der Waals surface area contributed by atoms with Crippen LogP contribution in [0.4, 0.5) is 0 Å². The van der Waals surface area contributed by atoms with Gasteiger partial charge in [-0.15, -0.1) is 12.4 Å². The molecule has 0 bridgehead atoms. The number of nitrogens with one attached hydrogen (secondary N) is 1. The third kappa shape index (κ3) is 3.60. The molecule has 2 aliphatic heterocycles. The molecule has 1 aromatic rings. The lowest BCUT2D eigenvalue weighted by Gasteiger charge is -2.34. The maximum Gasteiger partial charge on any atom is 0.244 e. The minimum atomic E-state index is -3.46. The molecule has 3 rings (SSSR count). The lowest BCUT2D eigenvalue weighted by Crippen LogP contribution is -2.43. The highest BCUT2D eigenvalue weighted by atomic mass is 35.5. The summed E-state index contributed by atoms with van der Waals surface area (Å²) in [5.41, 5.74) is 0. The van der Waals surface area contributed by atoms with Crippen LogP contribution in [0.25, 0.3) is 0 Å². The van der Waals surface area contributed by atoms with Crippen LogP contribution in [0.5, 0.6) is 0 Å². The van der Waals surface area contributed by atoms with Crippen LogP contribution in [0.2, 0.25) is 5.02 Å². The molecule has 1 atom stereocenters. The van der Waals surface area contributed by atoms with Gasteiger partial charge in [-0.1, -0.05) is 23.7 Å². The van der Waals surface area contributed by atoms with Gasteiger partial charge in [0.1, 0.15) is 4.90 Å². The Kier molecular flexibility index (Phi) is 6.14. The second-order valence-corrected chi connectivity index (χ2v) is 8.19. The molecule has 0 aromatic heterocycles. The van der Waals surface area contributed by atoms with Gasteiger partial charge < -0.3 is 5.32 Å². The number of hydrogen-bond acceptors (Lipinski definition) is 3. The SMILES string of the molecule is Cl.O=S(=O)(c1ccccc1Cl)N1CCC(C2CCCN2)CC1. The predicted octanol–water partition coefficient (Wildman–Crippen LogP) is 2.91. The van der Waals surface area contributed by atoms with Gasteiger partial charge in [0.15, 0.2) is 0 Å². The molecule has 2 aliphatic rings. The quantitative estimate of drug-likeness (QED) is 0.896. The van der Waals surface area contributed by atoms with E-state index in [4.69, 9.17) is 11.6 Å². The van der Waals surface area contributed by atoms with Gasteiger partial charge in [-0.25, -0.2) is 8.42 Å². The molecule has 1 aromatic carbocycles. The maximum absolute atomic E-state index is 12.7. The first-order valence-corrected chi connectivity index (χ1v) is 9.39. The van der Waals surface area contributed by atoms with Gasteiger partial charge in [0.2, 0.25) is 10.0 Å². The third-order valence-electron chi connectivity index (χ3n) is 4.62. The highest BCUT2D eigenvalue weighted by Gasteiger charge is 2.34. The summed E-state index contributed by atoms with van der Waals surface area (Å²) < 4.78 is 26.9. The number of benzene rings is 1. The molecule has 124 valence electrons. The number of piperidine rings is 1. The Morgan fingerprint density at radius 3 is 2.41 bits per heavy atom. The normalized spacial score (nSPS) is 24.1. The van der Waals surface area contributed by atoms with E-state index in [1.807, 2.05) is 0 Å². The third-order valence-corrected chi connectivity index (χ3v) is 7.02. The highest BCUT2D eigenvalue weighted by Crippen LogP contribution is 2.30. The Hall–Kier alpha value is -0.330. The van der Waals surface area contributed by atoms with Crippen LogP contribution in [-0.2, 0) is 10.0 Å². The highest BCUT2D eigenvalue weighted by molar-refractivity contribution is 7.89. The van der Waals surface area contributed by atoms with E-state index in [0.717, 1.165) is 19.4 Å². The van der Waals surface area contributed by atoms with E-state index in [1.165, 1.54) is 12.8 Å². The molecule has 1 unspecified atom stereocenters. The molecule has 7 heteroatoms. The van der Waals surface area contributed by atoms with E-state index in [1.54, 1.807) is 28.6 Å². The summed E-state index contributed by atoms with van der Waals surface area (Å²) in [6, 6.07) is 7.26. The summed E-state index contributed by atoms with van der Waals surface area (Å²) >= 11 is 6.04. The first-order chi connectivity index (χ1) is 10.1. The van der Waals surface area contributed by atoms with Gasteiger partial charge in [-0.05, 0) is 50.3 Å². The topological polar surface area (TPSA) is 49.4 Å². The van der Waals surface area contributed by atoms with Gasteiger partial charge in [0.05, 0.1) is 5.02 Å². The first kappa shape index (κ1) is 18.0. The summed E-state index contributed by atoms with van der Waals surface area (Å²) in [7, 11) is -3.46. The average molecular weight is 365 g/mol. The number of rotatable bonds is 3. The smallest absolute Gasteiger partial charge is 0.244 e. The molecule has 0 aliphatic carbocycles. The first-order valence-electron chi connectivity index (χ1n) is 7.57. The fourth-order valence-corrected chi connectivity index (χ4v) is 5.39. The monoisotopic (exact) mass is 364 g/mol. The van der Waals surface area contributed by atoms with E-state index in [2.05, 4.69) is 5.32 Å². The van der Waals surface area contributed by atoms with E-state index in [0.29, 0.717) is 30.1 Å². The van der Waals surface area contributed by atoms with Crippen LogP contribution in [-0.4, -0.2) is 38.4 Å². The lowest BCUT2D eigenvalue weighted by molar-refractivity contribution is 0.234. The number of hydrogen-bond donors (Lipinski definition) is 1. The molecule has 22 heavy (non-hydrogen) atoms. The van der Waals surface area contributed by atoms with Crippen molar-refractivity contribution in [2.45, 2.75) is 36.6 Å². The van der Waals surface area contributed by atoms with Crippen LogP contribution in [0.1, 0.15) is 25.7 Å². The van der Waals surface area contributed by atoms with Gasteiger partial charge in [-0.3, -0.25) is 0 Å². The van der Waals surface area contributed by atoms with Crippen molar-refractivity contribution < 1.29 is 8.42 Å². The van der Waals surface area contributed by atoms with Crippen LogP contribution in [0.15, 0.2) is 29.2 Å². The molecule has 1 N–H and O–H groups in total. The van der Waals surface area contributed by atoms with E-state index in [9.17, 15) is 8.42 Å². The Labute approximate surface area is 143 Å². The van der Waals surface area contributed by atoms with Gasteiger partial charge in [0, 0.05) is 19.1 Å². The van der Waals surface area contributed by atoms with Crippen LogP contribution >= 0.6 is 24.0 Å². The van der Waals surface area contributed by atoms with E-state index >= 15 is 0 Å². The standard InChI is InChI=1S/C15H21ClN2O2S.ClH/c16-13-4-1-2-6-15(13)21(19,20)18-10-7-12(8-11-18)14-5-3-9-17-14;/h1-2,4,6,12,14,17H,3,5,7-11H2;1H. The van der Waals surface area contributed by atoms with Crippen molar-refractivity contribution >= 4 is 34.0 Å².